The van der Waals surface area contributed by atoms with Crippen LogP contribution < -0.4 is 5.32 Å². The molecule has 0 unspecified atom stereocenters. The van der Waals surface area contributed by atoms with Crippen LogP contribution in [0, 0.1) is 10.7 Å². The van der Waals surface area contributed by atoms with Gasteiger partial charge in [0.2, 0.25) is 0 Å². The number of hydrogen-bond acceptors (Lipinski definition) is 6. The molecule has 0 aliphatic rings. The first-order valence-electron chi connectivity index (χ1n) is 7.84. The highest BCUT2D eigenvalue weighted by Gasteiger charge is 2.16. The second-order valence-electron chi connectivity index (χ2n) is 6.01. The van der Waals surface area contributed by atoms with Crippen molar-refractivity contribution in [1.29, 1.82) is 0 Å². The maximum atomic E-state index is 12.1. The number of thiazole rings is 1. The number of carbonyl (C=O) groups excluding carboxylic acids is 1. The molecule has 2 rings (SSSR count). The summed E-state index contributed by atoms with van der Waals surface area (Å²) in [6, 6.07) is 0. The molecule has 0 aliphatic heterocycles. The Labute approximate surface area is 150 Å². The molecule has 2 aromatic heterocycles. The van der Waals surface area contributed by atoms with Gasteiger partial charge in [-0.1, -0.05) is 13.8 Å². The predicted molar refractivity (Wildman–Crippen MR) is 96.8 cm³/mol. The van der Waals surface area contributed by atoms with Crippen LogP contribution in [-0.2, 0) is 23.0 Å². The maximum Gasteiger partial charge on any atom is 0.254 e. The third-order valence-electron chi connectivity index (χ3n) is 3.53. The second kappa shape index (κ2) is 8.50. The van der Waals surface area contributed by atoms with Crippen molar-refractivity contribution in [3.05, 3.63) is 21.7 Å². The van der Waals surface area contributed by atoms with Crippen LogP contribution in [0.4, 0.5) is 5.13 Å². The summed E-state index contributed by atoms with van der Waals surface area (Å²) in [6.45, 7) is 6.58. The molecule has 0 aromatic carbocycles. The lowest BCUT2D eigenvalue weighted by Gasteiger charge is -2.13. The number of rotatable bonds is 8. The first-order chi connectivity index (χ1) is 11.4. The highest BCUT2D eigenvalue weighted by atomic mass is 32.1. The quantitative estimate of drug-likeness (QED) is 0.699. The van der Waals surface area contributed by atoms with Gasteiger partial charge in [-0.3, -0.25) is 15.2 Å². The zero-order chi connectivity index (χ0) is 17.7. The minimum atomic E-state index is -0.497. The Morgan fingerprint density at radius 3 is 2.88 bits per heavy atom. The van der Waals surface area contributed by atoms with Crippen molar-refractivity contribution in [1.82, 2.24) is 19.7 Å². The van der Waals surface area contributed by atoms with E-state index >= 15 is 0 Å². The van der Waals surface area contributed by atoms with E-state index in [0.29, 0.717) is 28.8 Å². The molecule has 1 amide bonds. The van der Waals surface area contributed by atoms with E-state index in [9.17, 15) is 4.79 Å². The van der Waals surface area contributed by atoms with E-state index in [1.165, 1.54) is 11.3 Å². The van der Waals surface area contributed by atoms with Crippen molar-refractivity contribution in [3.8, 4) is 0 Å². The molecule has 1 atom stereocenters. The molecule has 7 nitrogen and oxygen atoms in total. The topological polar surface area (TPSA) is 84.8 Å². The third kappa shape index (κ3) is 5.22. The molecule has 2 heterocycles. The van der Waals surface area contributed by atoms with Crippen LogP contribution in [-0.4, -0.2) is 38.4 Å². The Kier molecular flexibility index (Phi) is 6.64. The first kappa shape index (κ1) is 18.8. The fourth-order valence-electron chi connectivity index (χ4n) is 1.91. The van der Waals surface area contributed by atoms with Crippen LogP contribution in [0.5, 0.6) is 0 Å². The molecular weight excluding hydrogens is 346 g/mol. The predicted octanol–water partition coefficient (Wildman–Crippen LogP) is 2.91. The molecule has 0 radical (unpaired) electrons. The summed E-state index contributed by atoms with van der Waals surface area (Å²) in [6.07, 6.45) is 0.990. The van der Waals surface area contributed by atoms with E-state index in [0.717, 1.165) is 17.9 Å². The summed E-state index contributed by atoms with van der Waals surface area (Å²) in [5.41, 5.74) is 0.834. The van der Waals surface area contributed by atoms with Gasteiger partial charge in [0.25, 0.3) is 5.91 Å². The molecule has 0 spiro atoms. The Hall–Kier alpha value is -1.58. The molecule has 24 heavy (non-hydrogen) atoms. The van der Waals surface area contributed by atoms with Gasteiger partial charge < -0.3 is 9.30 Å². The van der Waals surface area contributed by atoms with Gasteiger partial charge in [0.05, 0.1) is 12.1 Å². The maximum absolute atomic E-state index is 12.1. The first-order valence-corrected chi connectivity index (χ1v) is 9.12. The molecule has 0 aliphatic carbocycles. The van der Waals surface area contributed by atoms with Gasteiger partial charge in [-0.2, -0.15) is 5.10 Å². The van der Waals surface area contributed by atoms with Crippen LogP contribution in [0.2, 0.25) is 0 Å². The average molecular weight is 370 g/mol. The van der Waals surface area contributed by atoms with E-state index in [4.69, 9.17) is 17.0 Å². The second-order valence-corrected chi connectivity index (χ2v) is 7.25. The van der Waals surface area contributed by atoms with Crippen molar-refractivity contribution in [2.24, 2.45) is 13.0 Å². The van der Waals surface area contributed by atoms with Gasteiger partial charge in [-0.25, -0.2) is 4.98 Å². The van der Waals surface area contributed by atoms with Crippen molar-refractivity contribution >= 4 is 34.6 Å². The molecule has 9 heteroatoms. The normalized spacial score (nSPS) is 12.5. The minimum Gasteiger partial charge on any atom is -0.369 e. The number of amides is 1. The number of hydrogen-bond donors (Lipinski definition) is 2. The highest BCUT2D eigenvalue weighted by molar-refractivity contribution is 7.71. The molecule has 2 aromatic rings. The lowest BCUT2D eigenvalue weighted by molar-refractivity contribution is -0.126. The summed E-state index contributed by atoms with van der Waals surface area (Å²) in [5, 5.41) is 12.2. The summed E-state index contributed by atoms with van der Waals surface area (Å²) in [7, 11) is 1.85. The molecule has 2 N–H and O–H groups in total. The fraction of sp³-hybridized carbons (Fsp3) is 0.600. The number of ether oxygens (including phenoxy) is 1. The number of aromatic amines is 1. The van der Waals surface area contributed by atoms with Crippen LogP contribution in [0.25, 0.3) is 0 Å². The Morgan fingerprint density at radius 1 is 1.50 bits per heavy atom. The molecular formula is C15H23N5O2S2. The van der Waals surface area contributed by atoms with Crippen LogP contribution in [0.1, 0.15) is 38.7 Å². The lowest BCUT2D eigenvalue weighted by Crippen LogP contribution is -2.28. The van der Waals surface area contributed by atoms with Gasteiger partial charge in [-0.05, 0) is 31.5 Å². The van der Waals surface area contributed by atoms with Crippen molar-refractivity contribution in [2.75, 3.05) is 11.9 Å². The third-order valence-corrected chi connectivity index (χ3v) is 4.70. The van der Waals surface area contributed by atoms with Crippen molar-refractivity contribution in [2.45, 2.75) is 39.7 Å². The Balaban J connectivity index is 1.87. The molecule has 0 saturated carbocycles. The van der Waals surface area contributed by atoms with E-state index in [1.54, 1.807) is 11.5 Å². The smallest absolute Gasteiger partial charge is 0.254 e. The van der Waals surface area contributed by atoms with E-state index in [2.05, 4.69) is 34.3 Å². The number of aromatic nitrogens is 4. The van der Waals surface area contributed by atoms with Crippen molar-refractivity contribution < 1.29 is 9.53 Å². The monoisotopic (exact) mass is 369 g/mol. The zero-order valence-corrected chi connectivity index (χ0v) is 16.0. The number of anilines is 1. The van der Waals surface area contributed by atoms with Gasteiger partial charge >= 0.3 is 0 Å². The Morgan fingerprint density at radius 2 is 2.25 bits per heavy atom. The summed E-state index contributed by atoms with van der Waals surface area (Å²) in [5.74, 6) is 1.17. The highest BCUT2D eigenvalue weighted by Crippen LogP contribution is 2.18. The van der Waals surface area contributed by atoms with Gasteiger partial charge in [0.1, 0.15) is 11.9 Å². The molecule has 132 valence electrons. The zero-order valence-electron chi connectivity index (χ0n) is 14.3. The minimum absolute atomic E-state index is 0.183. The van der Waals surface area contributed by atoms with Gasteiger partial charge in [0, 0.05) is 19.0 Å². The Bertz CT molecular complexity index is 734. The number of H-pyrrole nitrogens is 1. The summed E-state index contributed by atoms with van der Waals surface area (Å²) < 4.78 is 7.92. The van der Waals surface area contributed by atoms with Crippen LogP contribution in [0.15, 0.2) is 5.38 Å². The molecule has 0 fully saturated rings. The average Bonchev–Trinajstić information content (AvgIpc) is 3.08. The van der Waals surface area contributed by atoms with Crippen molar-refractivity contribution in [3.63, 3.8) is 0 Å². The molecule has 0 saturated heterocycles. The van der Waals surface area contributed by atoms with Gasteiger partial charge in [0.15, 0.2) is 9.90 Å². The van der Waals surface area contributed by atoms with E-state index in [-0.39, 0.29) is 5.91 Å². The fourth-order valence-corrected chi connectivity index (χ4v) is 2.77. The lowest BCUT2D eigenvalue weighted by atomic mass is 10.1. The van der Waals surface area contributed by atoms with Crippen LogP contribution >= 0.6 is 23.6 Å². The summed E-state index contributed by atoms with van der Waals surface area (Å²) >= 11 is 6.47. The number of nitrogens with one attached hydrogen (secondary N) is 2. The number of carbonyl (C=O) groups is 1. The largest absolute Gasteiger partial charge is 0.369 e. The van der Waals surface area contributed by atoms with E-state index in [1.807, 2.05) is 12.4 Å². The number of nitrogens with zero attached hydrogens (tertiary/aromatic N) is 3. The van der Waals surface area contributed by atoms with E-state index < -0.39 is 6.10 Å². The SMILES string of the molecule is CC(C)CCO[C@H](C)C(=O)Nc1nc(Cc2n[nH]c(=S)n2C)cs1. The van der Waals surface area contributed by atoms with Crippen LogP contribution in [0.3, 0.4) is 0 Å². The molecule has 0 bridgehead atoms. The van der Waals surface area contributed by atoms with Gasteiger partial charge in [-0.15, -0.1) is 11.3 Å². The summed E-state index contributed by atoms with van der Waals surface area (Å²) in [4.78, 5) is 16.5. The standard InChI is InChI=1S/C15H23N5O2S2/c1-9(2)5-6-22-10(3)13(21)17-14-16-11(8-24-14)7-12-18-19-15(23)20(12)4/h8-10H,5-7H2,1-4H3,(H,19,23)(H,16,17,21)/t10-/m1/s1.